The van der Waals surface area contributed by atoms with Crippen LogP contribution in [-0.4, -0.2) is 58.2 Å². The van der Waals surface area contributed by atoms with Crippen LogP contribution in [0.4, 0.5) is 25.2 Å². The molecule has 2 heterocycles. The Balaban J connectivity index is 2.06. The highest BCUT2D eigenvalue weighted by molar-refractivity contribution is 7.92. The van der Waals surface area contributed by atoms with Crippen molar-refractivity contribution in [3.63, 3.8) is 0 Å². The van der Waals surface area contributed by atoms with E-state index in [1.165, 1.54) is 12.3 Å². The fourth-order valence-electron chi connectivity index (χ4n) is 3.16. The van der Waals surface area contributed by atoms with Gasteiger partial charge in [0, 0.05) is 42.1 Å². The summed E-state index contributed by atoms with van der Waals surface area (Å²) in [5.74, 6) is -1.99. The molecule has 0 saturated carbocycles. The summed E-state index contributed by atoms with van der Waals surface area (Å²) in [6, 6.07) is 3.17. The molecule has 1 atom stereocenters. The average molecular weight is 510 g/mol. The van der Waals surface area contributed by atoms with Crippen LogP contribution in [-0.2, 0) is 10.0 Å². The van der Waals surface area contributed by atoms with E-state index in [2.05, 4.69) is 25.7 Å². The van der Waals surface area contributed by atoms with Gasteiger partial charge >= 0.3 is 6.09 Å². The number of anilines is 2. The predicted octanol–water partition coefficient (Wildman–Crippen LogP) is 3.31. The topological polar surface area (TPSA) is 151 Å². The number of carbonyl (C=O) groups is 1. The lowest BCUT2D eigenvalue weighted by Gasteiger charge is -2.13. The SMILES string of the molecule is CC(C)n1cc(-c2ccnc(NC[C@H](C)NC(=O)O)n2)c(-c2ccc(F)c(NS(C)(=O)=O)c2F)n1. The molecular weight excluding hydrogens is 484 g/mol. The molecule has 35 heavy (non-hydrogen) atoms. The van der Waals surface area contributed by atoms with Gasteiger partial charge in [0.15, 0.2) is 5.82 Å². The number of halogens is 2. The molecular formula is C21H25F2N7O4S. The van der Waals surface area contributed by atoms with Gasteiger partial charge in [-0.15, -0.1) is 0 Å². The van der Waals surface area contributed by atoms with E-state index in [0.717, 1.165) is 12.3 Å². The third kappa shape index (κ3) is 6.41. The highest BCUT2D eigenvalue weighted by atomic mass is 32.2. The van der Waals surface area contributed by atoms with Crippen molar-refractivity contribution in [2.45, 2.75) is 32.9 Å². The smallest absolute Gasteiger partial charge is 0.404 e. The third-order valence-corrected chi connectivity index (χ3v) is 5.34. The van der Waals surface area contributed by atoms with Gasteiger partial charge in [0.05, 0.1) is 11.9 Å². The Morgan fingerprint density at radius 1 is 1.17 bits per heavy atom. The van der Waals surface area contributed by atoms with Crippen LogP contribution in [0.15, 0.2) is 30.6 Å². The van der Waals surface area contributed by atoms with Crippen LogP contribution in [0, 0.1) is 11.6 Å². The standard InChI is InChI=1S/C21H25F2N7O4S/c1-11(2)30-10-14(16-7-8-24-20(27-16)25-9-12(3)26-21(31)32)18(28-30)13-5-6-15(22)19(17(13)23)29-35(4,33)34/h5-8,10-12,26,29H,9H2,1-4H3,(H,31,32)(H,24,25,27)/t12-/m0/s1. The first-order valence-electron chi connectivity index (χ1n) is 10.5. The second-order valence-corrected chi connectivity index (χ2v) is 9.87. The summed E-state index contributed by atoms with van der Waals surface area (Å²) < 4.78 is 56.3. The molecule has 11 nitrogen and oxygen atoms in total. The van der Waals surface area contributed by atoms with Gasteiger partial charge in [-0.2, -0.15) is 5.10 Å². The summed E-state index contributed by atoms with van der Waals surface area (Å²) in [4.78, 5) is 19.3. The molecule has 0 unspecified atom stereocenters. The van der Waals surface area contributed by atoms with Gasteiger partial charge in [0.2, 0.25) is 16.0 Å². The zero-order chi connectivity index (χ0) is 25.9. The Bertz CT molecular complexity index is 1350. The highest BCUT2D eigenvalue weighted by Gasteiger charge is 2.23. The second-order valence-electron chi connectivity index (χ2n) is 8.12. The fourth-order valence-corrected chi connectivity index (χ4v) is 3.71. The summed E-state index contributed by atoms with van der Waals surface area (Å²) in [5, 5.41) is 18.5. The summed E-state index contributed by atoms with van der Waals surface area (Å²) in [6.07, 6.45) is 2.74. The quantitative estimate of drug-likeness (QED) is 0.343. The zero-order valence-corrected chi connectivity index (χ0v) is 20.2. The van der Waals surface area contributed by atoms with Crippen molar-refractivity contribution in [3.05, 3.63) is 42.2 Å². The van der Waals surface area contributed by atoms with Crippen molar-refractivity contribution >= 4 is 27.8 Å². The third-order valence-electron chi connectivity index (χ3n) is 4.76. The Kier molecular flexibility index (Phi) is 7.53. The zero-order valence-electron chi connectivity index (χ0n) is 19.4. The number of hydrogen-bond acceptors (Lipinski definition) is 7. The lowest BCUT2D eigenvalue weighted by molar-refractivity contribution is 0.191. The maximum atomic E-state index is 15.3. The molecule has 14 heteroatoms. The second kappa shape index (κ2) is 10.2. The molecule has 0 spiro atoms. The molecule has 0 saturated heterocycles. The van der Waals surface area contributed by atoms with Crippen molar-refractivity contribution in [2.75, 3.05) is 22.8 Å². The Morgan fingerprint density at radius 3 is 2.51 bits per heavy atom. The molecule has 2 aromatic heterocycles. The van der Waals surface area contributed by atoms with Crippen LogP contribution in [0.25, 0.3) is 22.5 Å². The first-order chi connectivity index (χ1) is 16.4. The lowest BCUT2D eigenvalue weighted by atomic mass is 10.0. The fraction of sp³-hybridized carbons (Fsp3) is 0.333. The Hall–Kier alpha value is -3.81. The Labute approximate surface area is 200 Å². The van der Waals surface area contributed by atoms with Gasteiger partial charge in [-0.05, 0) is 39.0 Å². The molecule has 3 aromatic rings. The highest BCUT2D eigenvalue weighted by Crippen LogP contribution is 2.36. The number of aromatic nitrogens is 4. The van der Waals surface area contributed by atoms with Crippen LogP contribution in [0.3, 0.4) is 0 Å². The minimum absolute atomic E-state index is 0.109. The number of hydrogen-bond donors (Lipinski definition) is 4. The van der Waals surface area contributed by atoms with Crippen molar-refractivity contribution < 1.29 is 27.1 Å². The maximum Gasteiger partial charge on any atom is 0.404 e. The molecule has 0 aliphatic heterocycles. The maximum absolute atomic E-state index is 15.3. The van der Waals surface area contributed by atoms with Gasteiger partial charge in [-0.1, -0.05) is 0 Å². The minimum atomic E-state index is -3.94. The largest absolute Gasteiger partial charge is 0.465 e. The van der Waals surface area contributed by atoms with Crippen LogP contribution in [0.5, 0.6) is 0 Å². The number of amides is 1. The van der Waals surface area contributed by atoms with E-state index in [1.807, 2.05) is 18.6 Å². The predicted molar refractivity (Wildman–Crippen MR) is 127 cm³/mol. The summed E-state index contributed by atoms with van der Waals surface area (Å²) in [5.41, 5.74) is -0.0426. The first-order valence-corrected chi connectivity index (χ1v) is 12.4. The van der Waals surface area contributed by atoms with E-state index in [4.69, 9.17) is 5.11 Å². The molecule has 0 bridgehead atoms. The van der Waals surface area contributed by atoms with Crippen LogP contribution >= 0.6 is 0 Å². The molecule has 1 aromatic carbocycles. The van der Waals surface area contributed by atoms with Gasteiger partial charge in [-0.3, -0.25) is 9.40 Å². The lowest BCUT2D eigenvalue weighted by Crippen LogP contribution is -2.36. The monoisotopic (exact) mass is 509 g/mol. The molecule has 1 amide bonds. The molecule has 4 N–H and O–H groups in total. The Morgan fingerprint density at radius 2 is 1.89 bits per heavy atom. The van der Waals surface area contributed by atoms with Gasteiger partial charge < -0.3 is 15.7 Å². The van der Waals surface area contributed by atoms with Crippen molar-refractivity contribution in [2.24, 2.45) is 0 Å². The molecule has 0 aliphatic carbocycles. The molecule has 0 radical (unpaired) electrons. The normalized spacial score (nSPS) is 12.4. The van der Waals surface area contributed by atoms with Crippen LogP contribution in [0.2, 0.25) is 0 Å². The summed E-state index contributed by atoms with van der Waals surface area (Å²) in [6.45, 7) is 5.60. The molecule has 0 aliphatic rings. The number of rotatable bonds is 9. The van der Waals surface area contributed by atoms with E-state index in [9.17, 15) is 17.6 Å². The molecule has 0 fully saturated rings. The van der Waals surface area contributed by atoms with E-state index in [0.29, 0.717) is 11.3 Å². The number of nitrogens with zero attached hydrogens (tertiary/aromatic N) is 4. The number of sulfonamides is 1. The number of carboxylic acid groups (broad SMARTS) is 1. The van der Waals surface area contributed by atoms with E-state index in [-0.39, 0.29) is 29.8 Å². The van der Waals surface area contributed by atoms with E-state index < -0.39 is 39.5 Å². The number of nitrogens with one attached hydrogen (secondary N) is 3. The average Bonchev–Trinajstić information content (AvgIpc) is 3.20. The van der Waals surface area contributed by atoms with Crippen LogP contribution in [0.1, 0.15) is 26.8 Å². The molecule has 188 valence electrons. The van der Waals surface area contributed by atoms with Crippen LogP contribution < -0.4 is 15.4 Å². The van der Waals surface area contributed by atoms with Gasteiger partial charge in [-0.25, -0.2) is 32.0 Å². The van der Waals surface area contributed by atoms with Crippen molar-refractivity contribution in [1.29, 1.82) is 0 Å². The summed E-state index contributed by atoms with van der Waals surface area (Å²) in [7, 11) is -3.94. The van der Waals surface area contributed by atoms with Crippen molar-refractivity contribution in [1.82, 2.24) is 25.1 Å². The first kappa shape index (κ1) is 25.8. The molecule has 3 rings (SSSR count). The minimum Gasteiger partial charge on any atom is -0.465 e. The van der Waals surface area contributed by atoms with Gasteiger partial charge in [0.25, 0.3) is 0 Å². The van der Waals surface area contributed by atoms with E-state index >= 15 is 4.39 Å². The summed E-state index contributed by atoms with van der Waals surface area (Å²) >= 11 is 0. The van der Waals surface area contributed by atoms with E-state index in [1.54, 1.807) is 23.9 Å². The number of benzene rings is 1. The van der Waals surface area contributed by atoms with Crippen molar-refractivity contribution in [3.8, 4) is 22.5 Å². The van der Waals surface area contributed by atoms with Gasteiger partial charge in [0.1, 0.15) is 17.2 Å².